The van der Waals surface area contributed by atoms with Crippen molar-refractivity contribution in [2.75, 3.05) is 18.0 Å². The Kier molecular flexibility index (Phi) is 4.33. The third-order valence-electron chi connectivity index (χ3n) is 4.43. The lowest BCUT2D eigenvalue weighted by Gasteiger charge is -2.48. The van der Waals surface area contributed by atoms with Crippen molar-refractivity contribution < 1.29 is 8.78 Å². The Hall–Kier alpha value is -1.16. The van der Waals surface area contributed by atoms with Gasteiger partial charge in [0.25, 0.3) is 0 Å². The van der Waals surface area contributed by atoms with Crippen LogP contribution in [0.15, 0.2) is 18.2 Å². The van der Waals surface area contributed by atoms with Gasteiger partial charge in [-0.15, -0.1) is 0 Å². The molecule has 2 nitrogen and oxygen atoms in total. The maximum Gasteiger partial charge on any atom is 0.149 e. The second-order valence-electron chi connectivity index (χ2n) is 6.33. The van der Waals surface area contributed by atoms with Crippen molar-refractivity contribution in [3.05, 3.63) is 29.8 Å². The van der Waals surface area contributed by atoms with E-state index in [1.54, 1.807) is 6.07 Å². The van der Waals surface area contributed by atoms with E-state index in [0.29, 0.717) is 11.6 Å². The van der Waals surface area contributed by atoms with Crippen molar-refractivity contribution >= 4 is 5.69 Å². The van der Waals surface area contributed by atoms with Crippen LogP contribution in [0.3, 0.4) is 0 Å². The van der Waals surface area contributed by atoms with E-state index >= 15 is 0 Å². The van der Waals surface area contributed by atoms with Crippen LogP contribution in [0, 0.1) is 17.6 Å². The van der Waals surface area contributed by atoms with Gasteiger partial charge in [0.05, 0.1) is 5.69 Å². The van der Waals surface area contributed by atoms with Crippen LogP contribution in [-0.4, -0.2) is 24.7 Å². The molecule has 2 rings (SSSR count). The fourth-order valence-corrected chi connectivity index (χ4v) is 2.82. The Morgan fingerprint density at radius 2 is 2.10 bits per heavy atom. The molecular weight excluding hydrogens is 258 g/mol. The summed E-state index contributed by atoms with van der Waals surface area (Å²) in [5, 5.41) is 3.57. The molecule has 2 unspecified atom stereocenters. The van der Waals surface area contributed by atoms with Gasteiger partial charge >= 0.3 is 0 Å². The maximum atomic E-state index is 14.1. The summed E-state index contributed by atoms with van der Waals surface area (Å²) in [7, 11) is 0. The first-order valence-electron chi connectivity index (χ1n) is 7.33. The topological polar surface area (TPSA) is 15.3 Å². The molecule has 0 bridgehead atoms. The van der Waals surface area contributed by atoms with Crippen molar-refractivity contribution in [3.63, 3.8) is 0 Å². The van der Waals surface area contributed by atoms with Crippen LogP contribution in [-0.2, 0) is 0 Å². The summed E-state index contributed by atoms with van der Waals surface area (Å²) >= 11 is 0. The molecule has 0 amide bonds. The average molecular weight is 282 g/mol. The summed E-state index contributed by atoms with van der Waals surface area (Å²) in [5.74, 6) is -0.606. The minimum Gasteiger partial charge on any atom is -0.363 e. The zero-order valence-electron chi connectivity index (χ0n) is 12.7. The summed E-state index contributed by atoms with van der Waals surface area (Å²) in [6.45, 7) is 10.1. The predicted octanol–water partition coefficient (Wildman–Crippen LogP) is 3.57. The molecule has 112 valence electrons. The quantitative estimate of drug-likeness (QED) is 0.912. The standard InChI is InChI=1S/C16H24F2N2/c1-5-16(4)10-20(15(9-19-16)11(2)3)14-7-6-12(17)8-13(14)18/h6-8,11,15,19H,5,9-10H2,1-4H3. The Balaban J connectivity index is 2.36. The van der Waals surface area contributed by atoms with E-state index in [4.69, 9.17) is 0 Å². The van der Waals surface area contributed by atoms with Crippen molar-refractivity contribution in [1.29, 1.82) is 0 Å². The lowest BCUT2D eigenvalue weighted by molar-refractivity contribution is 0.251. The molecule has 0 aromatic heterocycles. The van der Waals surface area contributed by atoms with E-state index < -0.39 is 11.6 Å². The second-order valence-corrected chi connectivity index (χ2v) is 6.33. The Morgan fingerprint density at radius 1 is 1.40 bits per heavy atom. The van der Waals surface area contributed by atoms with Crippen LogP contribution in [0.1, 0.15) is 34.1 Å². The number of halogens is 2. The Bertz CT molecular complexity index is 476. The number of hydrogen-bond donors (Lipinski definition) is 1. The van der Waals surface area contributed by atoms with Gasteiger partial charge < -0.3 is 10.2 Å². The molecule has 1 heterocycles. The zero-order chi connectivity index (χ0) is 14.9. The first kappa shape index (κ1) is 15.2. The summed E-state index contributed by atoms with van der Waals surface area (Å²) in [6, 6.07) is 4.08. The number of benzene rings is 1. The van der Waals surface area contributed by atoms with Crippen LogP contribution in [0.5, 0.6) is 0 Å². The lowest BCUT2D eigenvalue weighted by atomic mass is 9.89. The fraction of sp³-hybridized carbons (Fsp3) is 0.625. The molecular formula is C16H24F2N2. The molecule has 1 saturated heterocycles. The van der Waals surface area contributed by atoms with Gasteiger partial charge in [-0.3, -0.25) is 0 Å². The van der Waals surface area contributed by atoms with Crippen LogP contribution in [0.4, 0.5) is 14.5 Å². The highest BCUT2D eigenvalue weighted by Crippen LogP contribution is 2.30. The smallest absolute Gasteiger partial charge is 0.149 e. The van der Waals surface area contributed by atoms with Crippen molar-refractivity contribution in [2.24, 2.45) is 5.92 Å². The monoisotopic (exact) mass is 282 g/mol. The first-order chi connectivity index (χ1) is 9.36. The highest BCUT2D eigenvalue weighted by molar-refractivity contribution is 5.50. The number of hydrogen-bond acceptors (Lipinski definition) is 2. The third kappa shape index (κ3) is 2.95. The van der Waals surface area contributed by atoms with E-state index in [2.05, 4.69) is 37.9 Å². The molecule has 0 spiro atoms. The van der Waals surface area contributed by atoms with Crippen LogP contribution < -0.4 is 10.2 Å². The molecule has 0 saturated carbocycles. The molecule has 1 aromatic rings. The van der Waals surface area contributed by atoms with Crippen LogP contribution in [0.25, 0.3) is 0 Å². The SMILES string of the molecule is CCC1(C)CN(c2ccc(F)cc2F)C(C(C)C)CN1. The van der Waals surface area contributed by atoms with Gasteiger partial charge in [-0.1, -0.05) is 20.8 Å². The molecule has 1 aromatic carbocycles. The minimum absolute atomic E-state index is 0.0355. The van der Waals surface area contributed by atoms with Crippen molar-refractivity contribution in [1.82, 2.24) is 5.32 Å². The van der Waals surface area contributed by atoms with E-state index in [1.807, 2.05) is 0 Å². The molecule has 1 aliphatic rings. The van der Waals surface area contributed by atoms with Gasteiger partial charge in [0.15, 0.2) is 0 Å². The lowest BCUT2D eigenvalue weighted by Crippen LogP contribution is -2.64. The number of anilines is 1. The zero-order valence-corrected chi connectivity index (χ0v) is 12.7. The number of nitrogens with zero attached hydrogens (tertiary/aromatic N) is 1. The number of nitrogens with one attached hydrogen (secondary N) is 1. The highest BCUT2D eigenvalue weighted by atomic mass is 19.1. The van der Waals surface area contributed by atoms with Gasteiger partial charge in [0, 0.05) is 30.7 Å². The predicted molar refractivity (Wildman–Crippen MR) is 79.0 cm³/mol. The van der Waals surface area contributed by atoms with Crippen LogP contribution >= 0.6 is 0 Å². The largest absolute Gasteiger partial charge is 0.363 e. The average Bonchev–Trinajstić information content (AvgIpc) is 2.38. The third-order valence-corrected chi connectivity index (χ3v) is 4.43. The number of rotatable bonds is 3. The maximum absolute atomic E-state index is 14.1. The van der Waals surface area contributed by atoms with Gasteiger partial charge in [-0.25, -0.2) is 8.78 Å². The molecule has 20 heavy (non-hydrogen) atoms. The fourth-order valence-electron chi connectivity index (χ4n) is 2.82. The summed E-state index contributed by atoms with van der Waals surface area (Å²) < 4.78 is 27.2. The van der Waals surface area contributed by atoms with Gasteiger partial charge in [-0.05, 0) is 31.4 Å². The van der Waals surface area contributed by atoms with E-state index in [1.165, 1.54) is 6.07 Å². The van der Waals surface area contributed by atoms with Gasteiger partial charge in [0.1, 0.15) is 11.6 Å². The molecule has 2 atom stereocenters. The first-order valence-corrected chi connectivity index (χ1v) is 7.33. The highest BCUT2D eigenvalue weighted by Gasteiger charge is 2.36. The summed E-state index contributed by atoms with van der Waals surface area (Å²) in [4.78, 5) is 2.10. The Morgan fingerprint density at radius 3 is 2.65 bits per heavy atom. The van der Waals surface area contributed by atoms with Crippen molar-refractivity contribution in [2.45, 2.75) is 45.7 Å². The molecule has 0 radical (unpaired) electrons. The van der Waals surface area contributed by atoms with Crippen molar-refractivity contribution in [3.8, 4) is 0 Å². The second kappa shape index (κ2) is 5.68. The van der Waals surface area contributed by atoms with Gasteiger partial charge in [-0.2, -0.15) is 0 Å². The van der Waals surface area contributed by atoms with Crippen LogP contribution in [0.2, 0.25) is 0 Å². The molecule has 4 heteroatoms. The van der Waals surface area contributed by atoms with Gasteiger partial charge in [0.2, 0.25) is 0 Å². The Labute approximate surface area is 120 Å². The molecule has 1 fully saturated rings. The summed E-state index contributed by atoms with van der Waals surface area (Å²) in [5.41, 5.74) is 0.470. The van der Waals surface area contributed by atoms with E-state index in [9.17, 15) is 8.78 Å². The normalized spacial score (nSPS) is 27.1. The number of piperazine rings is 1. The van der Waals surface area contributed by atoms with E-state index in [0.717, 1.165) is 25.6 Å². The molecule has 1 aliphatic heterocycles. The minimum atomic E-state index is -0.527. The van der Waals surface area contributed by atoms with E-state index in [-0.39, 0.29) is 11.6 Å². The molecule has 0 aliphatic carbocycles. The summed E-state index contributed by atoms with van der Waals surface area (Å²) in [6.07, 6.45) is 0.969. The molecule has 1 N–H and O–H groups in total.